The van der Waals surface area contributed by atoms with Crippen LogP contribution in [0.5, 0.6) is 0 Å². The van der Waals surface area contributed by atoms with Gasteiger partial charge in [-0.3, -0.25) is 9.30 Å². The molecule has 4 aromatic rings. The van der Waals surface area contributed by atoms with Crippen molar-refractivity contribution >= 4 is 27.7 Å². The topological polar surface area (TPSA) is 87.5 Å². The van der Waals surface area contributed by atoms with Crippen molar-refractivity contribution in [3.63, 3.8) is 0 Å². The van der Waals surface area contributed by atoms with Crippen molar-refractivity contribution in [2.75, 3.05) is 39.4 Å². The molecule has 5 rings (SSSR count). The molecule has 2 N–H and O–H groups in total. The number of morpholine rings is 1. The fourth-order valence-electron chi connectivity index (χ4n) is 3.84. The third-order valence-corrected chi connectivity index (χ3v) is 6.58. The molecule has 8 nitrogen and oxygen atoms in total. The van der Waals surface area contributed by atoms with Crippen LogP contribution < -0.4 is 4.72 Å². The summed E-state index contributed by atoms with van der Waals surface area (Å²) < 4.78 is 23.3. The Kier molecular flexibility index (Phi) is 5.34. The summed E-state index contributed by atoms with van der Waals surface area (Å²) in [6.45, 7) is 6.92. The molecule has 0 amide bonds. The second kappa shape index (κ2) is 8.27. The van der Waals surface area contributed by atoms with E-state index in [0.717, 1.165) is 71.5 Å². The van der Waals surface area contributed by atoms with Crippen molar-refractivity contribution in [1.82, 2.24) is 29.0 Å². The minimum Gasteiger partial charge on any atom is -0.379 e. The van der Waals surface area contributed by atoms with Gasteiger partial charge in [-0.25, -0.2) is 18.9 Å². The zero-order valence-electron chi connectivity index (χ0n) is 16.8. The van der Waals surface area contributed by atoms with E-state index in [2.05, 4.69) is 35.0 Å². The van der Waals surface area contributed by atoms with E-state index in [1.54, 1.807) is 0 Å². The smallest absolute Gasteiger partial charge is 0.154 e. The number of nitrogens with zero attached hydrogens (tertiary/aromatic N) is 4. The zero-order valence-corrected chi connectivity index (χ0v) is 17.6. The largest absolute Gasteiger partial charge is 0.379 e. The summed E-state index contributed by atoms with van der Waals surface area (Å²) >= 11 is 0. The van der Waals surface area contributed by atoms with Gasteiger partial charge < -0.3 is 9.72 Å². The molecule has 1 atom stereocenters. The number of benzene rings is 1. The molecule has 1 aromatic carbocycles. The van der Waals surface area contributed by atoms with Gasteiger partial charge in [-0.15, -0.1) is 0 Å². The van der Waals surface area contributed by atoms with Crippen LogP contribution in [0.2, 0.25) is 0 Å². The highest BCUT2D eigenvalue weighted by Gasteiger charge is 2.13. The van der Waals surface area contributed by atoms with E-state index in [1.165, 1.54) is 0 Å². The van der Waals surface area contributed by atoms with Gasteiger partial charge in [-0.1, -0.05) is 12.1 Å². The van der Waals surface area contributed by atoms with Crippen LogP contribution in [0.1, 0.15) is 5.82 Å². The van der Waals surface area contributed by atoms with Crippen molar-refractivity contribution in [3.8, 4) is 11.3 Å². The fourth-order valence-corrected chi connectivity index (χ4v) is 4.72. The predicted molar refractivity (Wildman–Crippen MR) is 117 cm³/mol. The van der Waals surface area contributed by atoms with E-state index in [1.807, 2.05) is 43.6 Å². The summed E-state index contributed by atoms with van der Waals surface area (Å²) in [7, 11) is -1.26. The Balaban J connectivity index is 1.34. The maximum Gasteiger partial charge on any atom is 0.154 e. The molecule has 0 saturated carbocycles. The molecule has 0 radical (unpaired) electrons. The Morgan fingerprint density at radius 3 is 2.90 bits per heavy atom. The van der Waals surface area contributed by atoms with Gasteiger partial charge in [-0.2, -0.15) is 0 Å². The standard InChI is InChI=1S/C21H24N6O2S/c1-15-22-13-17-14-23-21-20(27(15)17)12-19(25-21)16-3-2-4-18(11-16)30(28)24-5-6-26-7-9-29-10-8-26/h2-4,11-14,24-25H,5-10H2,1H3. The Morgan fingerprint density at radius 2 is 2.03 bits per heavy atom. The van der Waals surface area contributed by atoms with E-state index in [9.17, 15) is 4.21 Å². The SMILES string of the molecule is Cc1ncc2cnc3[nH]c(-c4cccc(S(=O)NCCN5CCOCC5)c4)cc3n12. The van der Waals surface area contributed by atoms with Crippen LogP contribution in [0.4, 0.5) is 0 Å². The van der Waals surface area contributed by atoms with Crippen LogP contribution in [0.15, 0.2) is 47.6 Å². The summed E-state index contributed by atoms with van der Waals surface area (Å²) in [5.41, 5.74) is 4.65. The number of H-pyrrole nitrogens is 1. The summed E-state index contributed by atoms with van der Waals surface area (Å²) in [6, 6.07) is 9.86. The summed E-state index contributed by atoms with van der Waals surface area (Å²) in [5.74, 6) is 0.919. The van der Waals surface area contributed by atoms with E-state index in [-0.39, 0.29) is 0 Å². The molecule has 0 aliphatic carbocycles. The van der Waals surface area contributed by atoms with Crippen LogP contribution in [0, 0.1) is 6.92 Å². The van der Waals surface area contributed by atoms with E-state index in [4.69, 9.17) is 4.74 Å². The molecule has 1 unspecified atom stereocenters. The van der Waals surface area contributed by atoms with Gasteiger partial charge in [0.15, 0.2) is 5.65 Å². The highest BCUT2D eigenvalue weighted by Crippen LogP contribution is 2.26. The van der Waals surface area contributed by atoms with Crippen LogP contribution >= 0.6 is 0 Å². The van der Waals surface area contributed by atoms with E-state index in [0.29, 0.717) is 6.54 Å². The van der Waals surface area contributed by atoms with Crippen LogP contribution in [0.25, 0.3) is 27.9 Å². The first kappa shape index (κ1) is 19.4. The Hall–Kier alpha value is -2.59. The monoisotopic (exact) mass is 424 g/mol. The predicted octanol–water partition coefficient (Wildman–Crippen LogP) is 2.13. The Bertz CT molecular complexity index is 1210. The number of hydrogen-bond acceptors (Lipinski definition) is 5. The van der Waals surface area contributed by atoms with Gasteiger partial charge in [0.2, 0.25) is 0 Å². The normalized spacial score (nSPS) is 16.4. The summed E-state index contributed by atoms with van der Waals surface area (Å²) in [6.07, 6.45) is 3.63. The average molecular weight is 425 g/mol. The molecular weight excluding hydrogens is 400 g/mol. The first-order valence-corrected chi connectivity index (χ1v) is 11.2. The second-order valence-electron chi connectivity index (χ2n) is 7.39. The minimum atomic E-state index is -1.26. The number of aromatic nitrogens is 4. The van der Waals surface area contributed by atoms with Crippen LogP contribution in [-0.2, 0) is 15.7 Å². The molecule has 0 bridgehead atoms. The summed E-state index contributed by atoms with van der Waals surface area (Å²) in [4.78, 5) is 15.3. The maximum atomic E-state index is 12.7. The molecule has 3 aromatic heterocycles. The van der Waals surface area contributed by atoms with E-state index >= 15 is 0 Å². The van der Waals surface area contributed by atoms with Crippen molar-refractivity contribution in [3.05, 3.63) is 48.5 Å². The van der Waals surface area contributed by atoms with E-state index < -0.39 is 11.0 Å². The number of aryl methyl sites for hydroxylation is 1. The number of aromatic amines is 1. The first-order valence-electron chi connectivity index (χ1n) is 10.1. The first-order chi connectivity index (χ1) is 14.7. The number of ether oxygens (including phenoxy) is 1. The van der Waals surface area contributed by atoms with Crippen molar-refractivity contribution in [2.24, 2.45) is 0 Å². The van der Waals surface area contributed by atoms with Gasteiger partial charge in [0, 0.05) is 31.9 Å². The highest BCUT2D eigenvalue weighted by atomic mass is 32.2. The summed E-state index contributed by atoms with van der Waals surface area (Å²) in [5, 5.41) is 0. The van der Waals surface area contributed by atoms with Crippen LogP contribution in [-0.4, -0.2) is 67.9 Å². The van der Waals surface area contributed by atoms with Gasteiger partial charge in [0.05, 0.1) is 41.5 Å². The molecule has 30 heavy (non-hydrogen) atoms. The lowest BCUT2D eigenvalue weighted by molar-refractivity contribution is 0.0390. The third-order valence-electron chi connectivity index (χ3n) is 5.43. The maximum absolute atomic E-state index is 12.7. The molecular formula is C21H24N6O2S. The molecule has 156 valence electrons. The molecule has 4 heterocycles. The second-order valence-corrected chi connectivity index (χ2v) is 8.68. The quantitative estimate of drug-likeness (QED) is 0.495. The van der Waals surface area contributed by atoms with Crippen LogP contribution in [0.3, 0.4) is 0 Å². The number of fused-ring (bicyclic) bond motifs is 3. The number of imidazole rings is 1. The Labute approximate surface area is 176 Å². The molecule has 1 saturated heterocycles. The highest BCUT2D eigenvalue weighted by molar-refractivity contribution is 7.83. The minimum absolute atomic E-state index is 0.672. The third kappa shape index (κ3) is 3.77. The van der Waals surface area contributed by atoms with Gasteiger partial charge in [-0.05, 0) is 30.7 Å². The molecule has 9 heteroatoms. The average Bonchev–Trinajstić information content (AvgIpc) is 3.38. The lowest BCUT2D eigenvalue weighted by Gasteiger charge is -2.26. The lowest BCUT2D eigenvalue weighted by Crippen LogP contribution is -2.40. The number of nitrogens with one attached hydrogen (secondary N) is 2. The molecule has 1 fully saturated rings. The van der Waals surface area contributed by atoms with Crippen molar-refractivity contribution in [1.29, 1.82) is 0 Å². The number of rotatable bonds is 6. The molecule has 0 spiro atoms. The van der Waals surface area contributed by atoms with Crippen molar-refractivity contribution < 1.29 is 8.95 Å². The van der Waals surface area contributed by atoms with Gasteiger partial charge in [0.1, 0.15) is 16.8 Å². The molecule has 1 aliphatic rings. The van der Waals surface area contributed by atoms with Gasteiger partial charge >= 0.3 is 0 Å². The Morgan fingerprint density at radius 1 is 1.20 bits per heavy atom. The fraction of sp³-hybridized carbons (Fsp3) is 0.333. The number of hydrogen-bond donors (Lipinski definition) is 2. The van der Waals surface area contributed by atoms with Gasteiger partial charge in [0.25, 0.3) is 0 Å². The lowest BCUT2D eigenvalue weighted by atomic mass is 10.1. The van der Waals surface area contributed by atoms with Crippen molar-refractivity contribution in [2.45, 2.75) is 11.8 Å². The zero-order chi connectivity index (χ0) is 20.5. The molecule has 1 aliphatic heterocycles.